The lowest BCUT2D eigenvalue weighted by atomic mass is 10.2. The van der Waals surface area contributed by atoms with Gasteiger partial charge in [0.15, 0.2) is 0 Å². The highest BCUT2D eigenvalue weighted by molar-refractivity contribution is 7.09. The summed E-state index contributed by atoms with van der Waals surface area (Å²) in [6.45, 7) is 1.97. The Balaban J connectivity index is 1.49. The number of nitrogens with zero attached hydrogens (tertiary/aromatic N) is 5. The van der Waals surface area contributed by atoms with Crippen LogP contribution in [0.4, 0.5) is 5.69 Å². The second-order valence-electron chi connectivity index (χ2n) is 5.01. The number of thiazole rings is 1. The van der Waals surface area contributed by atoms with Gasteiger partial charge >= 0.3 is 0 Å². The van der Waals surface area contributed by atoms with Crippen molar-refractivity contribution in [3.05, 3.63) is 46.9 Å². The van der Waals surface area contributed by atoms with Crippen molar-refractivity contribution in [1.29, 1.82) is 0 Å². The lowest BCUT2D eigenvalue weighted by molar-refractivity contribution is -0.116. The highest BCUT2D eigenvalue weighted by Gasteiger charge is 2.07. The molecule has 7 nitrogen and oxygen atoms in total. The number of nitrogens with one attached hydrogen (secondary N) is 1. The maximum Gasteiger partial charge on any atom is 0.250 e. The molecule has 0 radical (unpaired) electrons. The monoisotopic (exact) mass is 328 g/mol. The first-order chi connectivity index (χ1) is 11.2. The third-order valence-electron chi connectivity index (χ3n) is 3.08. The van der Waals surface area contributed by atoms with Gasteiger partial charge in [-0.1, -0.05) is 0 Å². The molecule has 3 rings (SSSR count). The fourth-order valence-electron chi connectivity index (χ4n) is 2.05. The Hall–Kier alpha value is -2.61. The van der Waals surface area contributed by atoms with Gasteiger partial charge in [-0.05, 0) is 25.8 Å². The number of hydrogen-bond acceptors (Lipinski definition) is 6. The summed E-state index contributed by atoms with van der Waals surface area (Å²) in [5.41, 5.74) is 1.66. The molecule has 0 unspecified atom stereocenters. The van der Waals surface area contributed by atoms with Crippen molar-refractivity contribution >= 4 is 22.9 Å². The first kappa shape index (κ1) is 15.3. The maximum atomic E-state index is 12.0. The van der Waals surface area contributed by atoms with Gasteiger partial charge in [0.25, 0.3) is 0 Å². The predicted molar refractivity (Wildman–Crippen MR) is 87.6 cm³/mol. The summed E-state index contributed by atoms with van der Waals surface area (Å²) in [5.74, 6) is 0.430. The van der Waals surface area contributed by atoms with Crippen molar-refractivity contribution in [2.45, 2.75) is 26.2 Å². The van der Waals surface area contributed by atoms with E-state index in [1.165, 1.54) is 4.68 Å². The summed E-state index contributed by atoms with van der Waals surface area (Å²) >= 11 is 1.64. The first-order valence-electron chi connectivity index (χ1n) is 7.23. The van der Waals surface area contributed by atoms with Crippen LogP contribution in [0.1, 0.15) is 23.5 Å². The van der Waals surface area contributed by atoms with E-state index in [2.05, 4.69) is 25.4 Å². The van der Waals surface area contributed by atoms with Gasteiger partial charge in [0.1, 0.15) is 0 Å². The quantitative estimate of drug-likeness (QED) is 0.751. The van der Waals surface area contributed by atoms with E-state index in [-0.39, 0.29) is 5.91 Å². The second-order valence-corrected chi connectivity index (χ2v) is 5.95. The van der Waals surface area contributed by atoms with Crippen LogP contribution in [0.2, 0.25) is 0 Å². The van der Waals surface area contributed by atoms with Crippen molar-refractivity contribution in [2.24, 2.45) is 0 Å². The van der Waals surface area contributed by atoms with E-state index < -0.39 is 0 Å². The number of carbonyl (C=O) groups excluding carboxylic acids is 1. The number of carbonyl (C=O) groups is 1. The Morgan fingerprint density at radius 3 is 2.91 bits per heavy atom. The molecule has 0 aromatic carbocycles. The van der Waals surface area contributed by atoms with Crippen molar-refractivity contribution in [3.8, 4) is 5.95 Å². The van der Waals surface area contributed by atoms with Gasteiger partial charge in [0, 0.05) is 29.9 Å². The van der Waals surface area contributed by atoms with Crippen molar-refractivity contribution in [2.75, 3.05) is 5.32 Å². The molecule has 3 aromatic heterocycles. The van der Waals surface area contributed by atoms with Gasteiger partial charge in [-0.15, -0.1) is 11.3 Å². The van der Waals surface area contributed by atoms with Crippen LogP contribution in [0.25, 0.3) is 5.95 Å². The molecule has 0 saturated carbocycles. The molecule has 1 amide bonds. The van der Waals surface area contributed by atoms with Crippen molar-refractivity contribution in [3.63, 3.8) is 0 Å². The van der Waals surface area contributed by atoms with Crippen LogP contribution in [0.3, 0.4) is 0 Å². The molecular weight excluding hydrogens is 312 g/mol. The minimum Gasteiger partial charge on any atom is -0.323 e. The highest BCUT2D eigenvalue weighted by atomic mass is 32.1. The zero-order valence-electron chi connectivity index (χ0n) is 12.6. The van der Waals surface area contributed by atoms with E-state index in [1.54, 1.807) is 42.2 Å². The molecule has 3 aromatic rings. The molecule has 3 heterocycles. The van der Waals surface area contributed by atoms with Crippen LogP contribution >= 0.6 is 11.3 Å². The molecule has 0 fully saturated rings. The molecule has 0 bridgehead atoms. The van der Waals surface area contributed by atoms with E-state index in [1.807, 2.05) is 12.3 Å². The van der Waals surface area contributed by atoms with Crippen molar-refractivity contribution < 1.29 is 4.79 Å². The molecule has 0 saturated heterocycles. The predicted octanol–water partition coefficient (Wildman–Crippen LogP) is 2.39. The van der Waals surface area contributed by atoms with E-state index in [4.69, 9.17) is 0 Å². The lowest BCUT2D eigenvalue weighted by Gasteiger charge is -2.01. The topological polar surface area (TPSA) is 85.6 Å². The smallest absolute Gasteiger partial charge is 0.250 e. The summed E-state index contributed by atoms with van der Waals surface area (Å²) in [5, 5.41) is 10.1. The van der Waals surface area contributed by atoms with Gasteiger partial charge in [-0.25, -0.2) is 19.6 Å². The van der Waals surface area contributed by atoms with E-state index >= 15 is 0 Å². The Morgan fingerprint density at radius 2 is 2.17 bits per heavy atom. The van der Waals surface area contributed by atoms with Gasteiger partial charge < -0.3 is 5.32 Å². The molecule has 0 aliphatic rings. The molecule has 0 aliphatic heterocycles. The number of hydrogen-bond donors (Lipinski definition) is 1. The Kier molecular flexibility index (Phi) is 4.72. The summed E-state index contributed by atoms with van der Waals surface area (Å²) in [7, 11) is 0. The minimum absolute atomic E-state index is 0.0354. The largest absolute Gasteiger partial charge is 0.323 e. The van der Waals surface area contributed by atoms with E-state index in [0.29, 0.717) is 18.1 Å². The third-order valence-corrected chi connectivity index (χ3v) is 4.11. The van der Waals surface area contributed by atoms with Gasteiger partial charge in [-0.2, -0.15) is 5.10 Å². The zero-order chi connectivity index (χ0) is 16.1. The fourth-order valence-corrected chi connectivity index (χ4v) is 2.87. The summed E-state index contributed by atoms with van der Waals surface area (Å²) in [4.78, 5) is 24.5. The normalized spacial score (nSPS) is 10.7. The minimum atomic E-state index is -0.0354. The third kappa shape index (κ3) is 4.19. The number of aryl methyl sites for hydroxylation is 2. The summed E-state index contributed by atoms with van der Waals surface area (Å²) in [6.07, 6.45) is 8.60. The van der Waals surface area contributed by atoms with Crippen LogP contribution in [0, 0.1) is 6.92 Å². The SMILES string of the molecule is Cc1csc(CCCC(=O)Nc2cnn(-c3ncccn3)c2)n1. The highest BCUT2D eigenvalue weighted by Crippen LogP contribution is 2.13. The van der Waals surface area contributed by atoms with Crippen LogP contribution < -0.4 is 5.32 Å². The van der Waals surface area contributed by atoms with Crippen LogP contribution in [-0.4, -0.2) is 30.6 Å². The Morgan fingerprint density at radius 1 is 1.35 bits per heavy atom. The molecule has 8 heteroatoms. The Bertz CT molecular complexity index is 782. The average molecular weight is 328 g/mol. The zero-order valence-corrected chi connectivity index (χ0v) is 13.5. The first-order valence-corrected chi connectivity index (χ1v) is 8.11. The fraction of sp³-hybridized carbons (Fsp3) is 0.267. The summed E-state index contributed by atoms with van der Waals surface area (Å²) < 4.78 is 1.52. The van der Waals surface area contributed by atoms with Crippen LogP contribution in [0.15, 0.2) is 36.2 Å². The van der Waals surface area contributed by atoms with Gasteiger partial charge in [0.2, 0.25) is 11.9 Å². The van der Waals surface area contributed by atoms with Crippen LogP contribution in [-0.2, 0) is 11.2 Å². The maximum absolute atomic E-state index is 12.0. The lowest BCUT2D eigenvalue weighted by Crippen LogP contribution is -2.11. The molecule has 0 aliphatic carbocycles. The standard InChI is InChI=1S/C15H16N6OS/c1-11-10-23-14(19-11)5-2-4-13(22)20-12-8-18-21(9-12)15-16-6-3-7-17-15/h3,6-10H,2,4-5H2,1H3,(H,20,22). The Labute approximate surface area is 137 Å². The van der Waals surface area contributed by atoms with Gasteiger partial charge in [0.05, 0.1) is 23.1 Å². The number of amides is 1. The molecule has 0 spiro atoms. The van der Waals surface area contributed by atoms with Gasteiger partial charge in [-0.3, -0.25) is 4.79 Å². The van der Waals surface area contributed by atoms with E-state index in [9.17, 15) is 4.79 Å². The number of anilines is 1. The van der Waals surface area contributed by atoms with E-state index in [0.717, 1.165) is 23.5 Å². The molecular formula is C15H16N6OS. The molecule has 23 heavy (non-hydrogen) atoms. The average Bonchev–Trinajstić information content (AvgIpc) is 3.17. The summed E-state index contributed by atoms with van der Waals surface area (Å²) in [6, 6.07) is 1.74. The molecule has 118 valence electrons. The van der Waals surface area contributed by atoms with Crippen LogP contribution in [0.5, 0.6) is 0 Å². The number of aromatic nitrogens is 5. The second kappa shape index (κ2) is 7.10. The number of rotatable bonds is 6. The van der Waals surface area contributed by atoms with Crippen molar-refractivity contribution in [1.82, 2.24) is 24.7 Å². The molecule has 0 atom stereocenters. The molecule has 1 N–H and O–H groups in total.